The van der Waals surface area contributed by atoms with Crippen LogP contribution in [0.15, 0.2) is 22.9 Å². The number of nitrogens with one attached hydrogen (secondary N) is 1. The Morgan fingerprint density at radius 1 is 1.45 bits per heavy atom. The van der Waals surface area contributed by atoms with Gasteiger partial charge in [0.1, 0.15) is 10.6 Å². The van der Waals surface area contributed by atoms with E-state index in [1.54, 1.807) is 24.0 Å². The van der Waals surface area contributed by atoms with Crippen molar-refractivity contribution in [2.45, 2.75) is 13.0 Å². The summed E-state index contributed by atoms with van der Waals surface area (Å²) < 4.78 is 5.78. The van der Waals surface area contributed by atoms with E-state index in [-0.39, 0.29) is 11.8 Å². The lowest BCUT2D eigenvalue weighted by Crippen LogP contribution is -2.50. The van der Waals surface area contributed by atoms with Crippen LogP contribution in [0, 0.1) is 0 Å². The molecule has 108 valence electrons. The molecule has 1 unspecified atom stereocenters. The Morgan fingerprint density at radius 2 is 2.15 bits per heavy atom. The van der Waals surface area contributed by atoms with Gasteiger partial charge in [-0.15, -0.1) is 0 Å². The first-order chi connectivity index (χ1) is 9.58. The number of carbonyl (C=O) groups excluding carboxylic acids is 2. The molecule has 2 rings (SSSR count). The first-order valence-electron chi connectivity index (χ1n) is 6.37. The Morgan fingerprint density at radius 3 is 2.80 bits per heavy atom. The number of aromatic nitrogens is 1. The number of nitrogens with zero attached hydrogens (tertiary/aromatic N) is 2. The predicted octanol–water partition coefficient (Wildman–Crippen LogP) is 0.821. The van der Waals surface area contributed by atoms with Gasteiger partial charge in [0.25, 0.3) is 5.91 Å². The zero-order chi connectivity index (χ0) is 14.5. The number of ether oxygens (including phenoxy) is 1. The fourth-order valence-corrected chi connectivity index (χ4v) is 2.31. The molecule has 1 N–H and O–H groups in total. The molecule has 0 radical (unpaired) electrons. The first-order valence-corrected chi connectivity index (χ1v) is 7.16. The smallest absolute Gasteiger partial charge is 0.252 e. The van der Waals surface area contributed by atoms with Crippen LogP contribution in [0.5, 0.6) is 0 Å². The second-order valence-electron chi connectivity index (χ2n) is 4.50. The summed E-state index contributed by atoms with van der Waals surface area (Å²) in [7, 11) is 0. The van der Waals surface area contributed by atoms with Crippen molar-refractivity contribution >= 4 is 27.7 Å². The van der Waals surface area contributed by atoms with E-state index in [1.807, 2.05) is 0 Å². The third-order valence-electron chi connectivity index (χ3n) is 3.03. The van der Waals surface area contributed by atoms with Crippen molar-refractivity contribution in [2.24, 2.45) is 0 Å². The number of hydrogen-bond donors (Lipinski definition) is 1. The molecule has 2 heterocycles. The average Bonchev–Trinajstić information content (AvgIpc) is 2.47. The summed E-state index contributed by atoms with van der Waals surface area (Å²) in [5.74, 6) is -0.378. The molecule has 0 aromatic carbocycles. The largest absolute Gasteiger partial charge is 0.378 e. The number of amides is 2. The maximum atomic E-state index is 12.2. The summed E-state index contributed by atoms with van der Waals surface area (Å²) in [5.41, 5.74) is 0.466. The third kappa shape index (κ3) is 3.77. The molecule has 6 nitrogen and oxygen atoms in total. The van der Waals surface area contributed by atoms with Crippen molar-refractivity contribution in [2.75, 3.05) is 26.3 Å². The van der Waals surface area contributed by atoms with Crippen molar-refractivity contribution < 1.29 is 14.3 Å². The minimum Gasteiger partial charge on any atom is -0.378 e. The molecule has 1 atom stereocenters. The molecule has 0 bridgehead atoms. The predicted molar refractivity (Wildman–Crippen MR) is 76.3 cm³/mol. The Hall–Kier alpha value is -1.47. The first kappa shape index (κ1) is 14.9. The number of rotatable bonds is 3. The summed E-state index contributed by atoms with van der Waals surface area (Å²) in [6.07, 6.45) is 1.54. The van der Waals surface area contributed by atoms with Crippen LogP contribution in [0.3, 0.4) is 0 Å². The maximum Gasteiger partial charge on any atom is 0.252 e. The van der Waals surface area contributed by atoms with Crippen molar-refractivity contribution in [3.05, 3.63) is 28.5 Å². The average molecular weight is 342 g/mol. The van der Waals surface area contributed by atoms with Crippen LogP contribution in [-0.2, 0) is 9.53 Å². The number of hydrogen-bond acceptors (Lipinski definition) is 4. The number of carbonyl (C=O) groups is 2. The molecular formula is C13H16BrN3O3. The van der Waals surface area contributed by atoms with E-state index in [0.717, 1.165) is 0 Å². The summed E-state index contributed by atoms with van der Waals surface area (Å²) >= 11 is 3.21. The standard InChI is InChI=1S/C13H16BrN3O3/c1-9(13(19)17-4-6-20-7-5-17)16-12(18)10-2-3-15-11(14)8-10/h2-3,8-9H,4-7H2,1H3,(H,16,18). The molecule has 1 saturated heterocycles. The Balaban J connectivity index is 1.94. The van der Waals surface area contributed by atoms with Crippen LogP contribution in [0.4, 0.5) is 0 Å². The van der Waals surface area contributed by atoms with E-state index in [2.05, 4.69) is 26.2 Å². The maximum absolute atomic E-state index is 12.2. The second-order valence-corrected chi connectivity index (χ2v) is 5.31. The van der Waals surface area contributed by atoms with Gasteiger partial charge in [-0.25, -0.2) is 4.98 Å². The van der Waals surface area contributed by atoms with Crippen LogP contribution >= 0.6 is 15.9 Å². The number of halogens is 1. The van der Waals surface area contributed by atoms with Crippen LogP contribution < -0.4 is 5.32 Å². The fraction of sp³-hybridized carbons (Fsp3) is 0.462. The lowest BCUT2D eigenvalue weighted by Gasteiger charge is -2.29. The summed E-state index contributed by atoms with van der Waals surface area (Å²) in [4.78, 5) is 29.9. The van der Waals surface area contributed by atoms with Gasteiger partial charge >= 0.3 is 0 Å². The molecule has 2 amide bonds. The molecule has 0 aliphatic carbocycles. The highest BCUT2D eigenvalue weighted by atomic mass is 79.9. The molecule has 0 spiro atoms. The minimum atomic E-state index is -0.562. The molecule has 1 aromatic rings. The highest BCUT2D eigenvalue weighted by Crippen LogP contribution is 2.08. The van der Waals surface area contributed by atoms with Crippen LogP contribution in [0.1, 0.15) is 17.3 Å². The Bertz CT molecular complexity index is 503. The van der Waals surface area contributed by atoms with E-state index in [0.29, 0.717) is 36.5 Å². The topological polar surface area (TPSA) is 71.5 Å². The fourth-order valence-electron chi connectivity index (χ4n) is 1.94. The van der Waals surface area contributed by atoms with E-state index in [1.165, 1.54) is 6.20 Å². The second kappa shape index (κ2) is 6.81. The number of pyridine rings is 1. The van der Waals surface area contributed by atoms with Gasteiger partial charge in [-0.3, -0.25) is 9.59 Å². The minimum absolute atomic E-state index is 0.0882. The summed E-state index contributed by atoms with van der Waals surface area (Å²) in [5, 5.41) is 2.70. The number of morpholine rings is 1. The molecule has 0 saturated carbocycles. The van der Waals surface area contributed by atoms with Crippen LogP contribution in [0.25, 0.3) is 0 Å². The zero-order valence-corrected chi connectivity index (χ0v) is 12.7. The Labute approximate surface area is 125 Å². The van der Waals surface area contributed by atoms with Gasteiger partial charge in [0, 0.05) is 24.8 Å². The van der Waals surface area contributed by atoms with E-state index >= 15 is 0 Å². The molecule has 20 heavy (non-hydrogen) atoms. The Kier molecular flexibility index (Phi) is 5.08. The zero-order valence-electron chi connectivity index (χ0n) is 11.1. The van der Waals surface area contributed by atoms with Gasteiger partial charge in [-0.2, -0.15) is 0 Å². The van der Waals surface area contributed by atoms with Gasteiger partial charge < -0.3 is 15.0 Å². The SMILES string of the molecule is CC(NC(=O)c1ccnc(Br)c1)C(=O)N1CCOCC1. The van der Waals surface area contributed by atoms with Gasteiger partial charge in [0.05, 0.1) is 13.2 Å². The van der Waals surface area contributed by atoms with Gasteiger partial charge in [-0.05, 0) is 35.0 Å². The molecule has 1 aliphatic rings. The molecule has 1 aromatic heterocycles. The van der Waals surface area contributed by atoms with E-state index in [9.17, 15) is 9.59 Å². The summed E-state index contributed by atoms with van der Waals surface area (Å²) in [6, 6.07) is 2.65. The van der Waals surface area contributed by atoms with E-state index in [4.69, 9.17) is 4.74 Å². The van der Waals surface area contributed by atoms with Crippen molar-refractivity contribution in [3.63, 3.8) is 0 Å². The van der Waals surface area contributed by atoms with Crippen molar-refractivity contribution in [1.82, 2.24) is 15.2 Å². The molecule has 1 fully saturated rings. The molecule has 7 heteroatoms. The van der Waals surface area contributed by atoms with Crippen LogP contribution in [-0.4, -0.2) is 54.0 Å². The van der Waals surface area contributed by atoms with Gasteiger partial charge in [-0.1, -0.05) is 0 Å². The summed E-state index contributed by atoms with van der Waals surface area (Å²) in [6.45, 7) is 3.92. The lowest BCUT2D eigenvalue weighted by molar-refractivity contribution is -0.136. The van der Waals surface area contributed by atoms with Gasteiger partial charge in [0.15, 0.2) is 0 Å². The van der Waals surface area contributed by atoms with Crippen LogP contribution in [0.2, 0.25) is 0 Å². The highest BCUT2D eigenvalue weighted by molar-refractivity contribution is 9.10. The van der Waals surface area contributed by atoms with Gasteiger partial charge in [0.2, 0.25) is 5.91 Å². The van der Waals surface area contributed by atoms with Crippen molar-refractivity contribution in [3.8, 4) is 0 Å². The monoisotopic (exact) mass is 341 g/mol. The normalized spacial score (nSPS) is 16.6. The molecular weight excluding hydrogens is 326 g/mol. The third-order valence-corrected chi connectivity index (χ3v) is 3.46. The van der Waals surface area contributed by atoms with E-state index < -0.39 is 6.04 Å². The quantitative estimate of drug-likeness (QED) is 0.826. The highest BCUT2D eigenvalue weighted by Gasteiger charge is 2.23. The molecule has 1 aliphatic heterocycles. The van der Waals surface area contributed by atoms with Crippen molar-refractivity contribution in [1.29, 1.82) is 0 Å². The lowest BCUT2D eigenvalue weighted by atomic mass is 10.2.